The zero-order chi connectivity index (χ0) is 19.8. The Balaban J connectivity index is 3.88. The molecule has 2 N–H and O–H groups in total. The molecule has 0 saturated heterocycles. The van der Waals surface area contributed by atoms with Gasteiger partial charge in [0, 0.05) is 5.41 Å². The Morgan fingerprint density at radius 2 is 1.36 bits per heavy atom. The molecule has 1 aromatic rings. The van der Waals surface area contributed by atoms with Crippen molar-refractivity contribution in [2.75, 3.05) is 0 Å². The van der Waals surface area contributed by atoms with Gasteiger partial charge in [-0.15, -0.1) is 0 Å². The van der Waals surface area contributed by atoms with Gasteiger partial charge in [-0.2, -0.15) is 12.6 Å². The summed E-state index contributed by atoms with van der Waals surface area (Å²) in [5.41, 5.74) is 1.58. The molecular formula is C21H34O3S. The van der Waals surface area contributed by atoms with Crippen LogP contribution >= 0.6 is 12.6 Å². The second-order valence-electron chi connectivity index (χ2n) is 9.02. The largest absolute Gasteiger partial charge is 0.507 e. The van der Waals surface area contributed by atoms with Crippen LogP contribution in [-0.2, 0) is 21.0 Å². The maximum atomic E-state index is 11.7. The maximum absolute atomic E-state index is 11.7. The van der Waals surface area contributed by atoms with Crippen molar-refractivity contribution < 1.29 is 15.0 Å². The molecule has 0 saturated carbocycles. The Labute approximate surface area is 158 Å². The predicted octanol–water partition coefficient (Wildman–Crippen LogP) is 5.43. The number of rotatable bonds is 5. The molecule has 1 atom stereocenters. The highest BCUT2D eigenvalue weighted by molar-refractivity contribution is 7.81. The van der Waals surface area contributed by atoms with E-state index in [0.717, 1.165) is 16.7 Å². The Bertz CT molecular complexity index is 597. The standard InChI is InChI=1S/C21H34O3S/c1-9-21(10-2,17(25)18(23)24)13-11-14(19(3,4)5)16(22)15(12-13)20(6,7)8/h11-12,17,22,25H,9-10H2,1-8H3,(H,23,24). The first kappa shape index (κ1) is 21.9. The molecule has 0 heterocycles. The minimum absolute atomic E-state index is 0.247. The average molecular weight is 367 g/mol. The van der Waals surface area contributed by atoms with Gasteiger partial charge in [-0.3, -0.25) is 4.79 Å². The van der Waals surface area contributed by atoms with E-state index in [9.17, 15) is 15.0 Å². The number of thiol groups is 1. The Morgan fingerprint density at radius 3 is 1.60 bits per heavy atom. The molecule has 1 rings (SSSR count). The van der Waals surface area contributed by atoms with Gasteiger partial charge >= 0.3 is 5.97 Å². The fourth-order valence-corrected chi connectivity index (χ4v) is 4.02. The molecule has 0 aromatic heterocycles. The first-order valence-corrected chi connectivity index (χ1v) is 9.53. The Hall–Kier alpha value is -1.16. The third-order valence-electron chi connectivity index (χ3n) is 5.32. The molecule has 1 unspecified atom stereocenters. The molecule has 4 heteroatoms. The molecule has 0 radical (unpaired) electrons. The monoisotopic (exact) mass is 366 g/mol. The molecule has 0 spiro atoms. The number of aromatic hydroxyl groups is 1. The number of phenolic OH excluding ortho intramolecular Hbond substituents is 1. The van der Waals surface area contributed by atoms with E-state index in [0.29, 0.717) is 18.6 Å². The summed E-state index contributed by atoms with van der Waals surface area (Å²) in [5, 5.41) is 19.7. The lowest BCUT2D eigenvalue weighted by atomic mass is 9.69. The molecule has 1 aromatic carbocycles. The number of aliphatic carboxylic acids is 1. The molecule has 0 aliphatic heterocycles. The van der Waals surface area contributed by atoms with Gasteiger partial charge < -0.3 is 10.2 Å². The fraction of sp³-hybridized carbons (Fsp3) is 0.667. The molecule has 3 nitrogen and oxygen atoms in total. The molecular weight excluding hydrogens is 332 g/mol. The smallest absolute Gasteiger partial charge is 0.317 e. The van der Waals surface area contributed by atoms with Crippen molar-refractivity contribution in [2.24, 2.45) is 0 Å². The predicted molar refractivity (Wildman–Crippen MR) is 108 cm³/mol. The summed E-state index contributed by atoms with van der Waals surface area (Å²) in [6, 6.07) is 3.98. The van der Waals surface area contributed by atoms with Gasteiger partial charge in [0.15, 0.2) is 0 Å². The van der Waals surface area contributed by atoms with Crippen LogP contribution in [0.25, 0.3) is 0 Å². The highest BCUT2D eigenvalue weighted by atomic mass is 32.1. The van der Waals surface area contributed by atoms with Crippen molar-refractivity contribution in [3.05, 3.63) is 28.8 Å². The average Bonchev–Trinajstić information content (AvgIpc) is 2.47. The molecule has 0 aliphatic rings. The van der Waals surface area contributed by atoms with E-state index in [2.05, 4.69) is 54.2 Å². The minimum Gasteiger partial charge on any atom is -0.507 e. The number of phenols is 1. The summed E-state index contributed by atoms with van der Waals surface area (Å²) in [5.74, 6) is -0.592. The van der Waals surface area contributed by atoms with Crippen LogP contribution in [0.5, 0.6) is 5.75 Å². The van der Waals surface area contributed by atoms with Gasteiger partial charge in [0.2, 0.25) is 0 Å². The summed E-state index contributed by atoms with van der Waals surface area (Å²) >= 11 is 4.45. The van der Waals surface area contributed by atoms with Gasteiger partial charge in [0.25, 0.3) is 0 Å². The summed E-state index contributed by atoms with van der Waals surface area (Å²) in [6.07, 6.45) is 1.34. The van der Waals surface area contributed by atoms with Gasteiger partial charge in [0.05, 0.1) is 0 Å². The highest BCUT2D eigenvalue weighted by Gasteiger charge is 2.41. The lowest BCUT2D eigenvalue weighted by Gasteiger charge is -2.38. The first-order valence-electron chi connectivity index (χ1n) is 9.01. The third kappa shape index (κ3) is 4.16. The van der Waals surface area contributed by atoms with Gasteiger partial charge in [-0.1, -0.05) is 67.5 Å². The van der Waals surface area contributed by atoms with Crippen LogP contribution < -0.4 is 0 Å². The number of hydrogen-bond donors (Lipinski definition) is 3. The highest BCUT2D eigenvalue weighted by Crippen LogP contribution is 2.45. The maximum Gasteiger partial charge on any atom is 0.317 e. The van der Waals surface area contributed by atoms with Crippen molar-refractivity contribution in [3.63, 3.8) is 0 Å². The number of carbonyl (C=O) groups is 1. The second-order valence-corrected chi connectivity index (χ2v) is 9.54. The molecule has 0 bridgehead atoms. The SMILES string of the molecule is CCC(CC)(c1cc(C(C)(C)C)c(O)c(C(C)(C)C)c1)C(S)C(=O)O. The van der Waals surface area contributed by atoms with Crippen molar-refractivity contribution in [1.29, 1.82) is 0 Å². The first-order chi connectivity index (χ1) is 11.2. The van der Waals surface area contributed by atoms with Gasteiger partial charge in [0.1, 0.15) is 11.0 Å². The lowest BCUT2D eigenvalue weighted by molar-refractivity contribution is -0.137. The lowest BCUT2D eigenvalue weighted by Crippen LogP contribution is -2.41. The van der Waals surface area contributed by atoms with Crippen LogP contribution in [0, 0.1) is 0 Å². The second kappa shape index (κ2) is 7.22. The third-order valence-corrected chi connectivity index (χ3v) is 6.04. The number of carboxylic acid groups (broad SMARTS) is 1. The molecule has 0 amide bonds. The molecule has 0 fully saturated rings. The normalized spacial score (nSPS) is 14.4. The van der Waals surface area contributed by atoms with Crippen molar-refractivity contribution >= 4 is 18.6 Å². The van der Waals surface area contributed by atoms with Crippen LogP contribution in [0.1, 0.15) is 84.9 Å². The van der Waals surface area contributed by atoms with E-state index in [4.69, 9.17) is 0 Å². The van der Waals surface area contributed by atoms with Crippen molar-refractivity contribution in [3.8, 4) is 5.75 Å². The number of hydrogen-bond acceptors (Lipinski definition) is 3. The fourth-order valence-electron chi connectivity index (χ4n) is 3.50. The van der Waals surface area contributed by atoms with E-state index in [1.54, 1.807) is 0 Å². The van der Waals surface area contributed by atoms with Crippen molar-refractivity contribution in [2.45, 2.75) is 89.7 Å². The summed E-state index contributed by atoms with van der Waals surface area (Å²) in [6.45, 7) is 16.4. The van der Waals surface area contributed by atoms with Gasteiger partial charge in [-0.25, -0.2) is 0 Å². The quantitative estimate of drug-likeness (QED) is 0.609. The summed E-state index contributed by atoms with van der Waals surface area (Å²) in [4.78, 5) is 11.7. The van der Waals surface area contributed by atoms with Crippen molar-refractivity contribution in [1.82, 2.24) is 0 Å². The van der Waals surface area contributed by atoms with E-state index >= 15 is 0 Å². The van der Waals surface area contributed by atoms with Crippen LogP contribution in [-0.4, -0.2) is 21.4 Å². The van der Waals surface area contributed by atoms with Crippen LogP contribution in [0.15, 0.2) is 12.1 Å². The summed E-state index contributed by atoms with van der Waals surface area (Å²) in [7, 11) is 0. The van der Waals surface area contributed by atoms with Crippen LogP contribution in [0.2, 0.25) is 0 Å². The molecule has 0 aliphatic carbocycles. The zero-order valence-electron chi connectivity index (χ0n) is 16.9. The van der Waals surface area contributed by atoms with E-state index in [-0.39, 0.29) is 10.8 Å². The van der Waals surface area contributed by atoms with E-state index in [1.807, 2.05) is 26.0 Å². The number of carboxylic acids is 1. The Morgan fingerprint density at radius 1 is 1.00 bits per heavy atom. The van der Waals surface area contributed by atoms with Crippen LogP contribution in [0.3, 0.4) is 0 Å². The Kier molecular flexibility index (Phi) is 6.32. The number of benzene rings is 1. The van der Waals surface area contributed by atoms with E-state index < -0.39 is 16.6 Å². The van der Waals surface area contributed by atoms with Crippen LogP contribution in [0.4, 0.5) is 0 Å². The minimum atomic E-state index is -0.908. The molecule has 142 valence electrons. The molecule has 25 heavy (non-hydrogen) atoms. The zero-order valence-corrected chi connectivity index (χ0v) is 17.8. The van der Waals surface area contributed by atoms with Gasteiger partial charge in [-0.05, 0) is 40.4 Å². The summed E-state index contributed by atoms with van der Waals surface area (Å²) < 4.78 is 0. The topological polar surface area (TPSA) is 57.5 Å². The van der Waals surface area contributed by atoms with E-state index in [1.165, 1.54) is 0 Å².